The summed E-state index contributed by atoms with van der Waals surface area (Å²) >= 11 is 5.70. The fourth-order valence-corrected chi connectivity index (χ4v) is 6.62. The van der Waals surface area contributed by atoms with E-state index in [-0.39, 0.29) is 17.8 Å². The van der Waals surface area contributed by atoms with E-state index in [1.165, 1.54) is 51.2 Å². The van der Waals surface area contributed by atoms with Gasteiger partial charge in [0.1, 0.15) is 0 Å². The number of benzene rings is 4. The minimum atomic E-state index is -0.178. The number of carbonyl (C=O) groups is 3. The Morgan fingerprint density at radius 2 is 0.981 bits per heavy atom. The lowest BCUT2D eigenvalue weighted by atomic mass is 10.1. The third kappa shape index (κ3) is 14.1. The minimum Gasteiger partial charge on any atom is -0.469 e. The number of nitrogens with one attached hydrogen (secondary N) is 2. The fourth-order valence-electron chi connectivity index (χ4n) is 4.79. The third-order valence-electron chi connectivity index (χ3n) is 7.55. The van der Waals surface area contributed by atoms with Crippen LogP contribution >= 0.6 is 45.3 Å². The van der Waals surface area contributed by atoms with Crippen LogP contribution in [0.15, 0.2) is 132 Å². The summed E-state index contributed by atoms with van der Waals surface area (Å²) in [6.45, 7) is 1.51. The summed E-state index contributed by atoms with van der Waals surface area (Å²) in [6.07, 6.45) is 2.32. The van der Waals surface area contributed by atoms with Gasteiger partial charge in [-0.25, -0.2) is 0 Å². The molecule has 10 heteroatoms. The number of aryl methyl sites for hydroxylation is 2. The van der Waals surface area contributed by atoms with Gasteiger partial charge in [-0.15, -0.1) is 22.7 Å². The molecule has 1 amide bonds. The van der Waals surface area contributed by atoms with Crippen molar-refractivity contribution >= 4 is 80.2 Å². The predicted octanol–water partition coefficient (Wildman–Crippen LogP) is 11.0. The van der Waals surface area contributed by atoms with Crippen LogP contribution in [0, 0.1) is 3.57 Å². The molecule has 0 bridgehead atoms. The van der Waals surface area contributed by atoms with Crippen LogP contribution in [0.5, 0.6) is 0 Å². The number of amides is 1. The van der Waals surface area contributed by atoms with Crippen LogP contribution in [0.2, 0.25) is 0 Å². The first-order valence-electron chi connectivity index (χ1n) is 16.5. The maximum atomic E-state index is 11.2. The molecule has 0 saturated carbocycles. The van der Waals surface area contributed by atoms with Gasteiger partial charge in [-0.3, -0.25) is 14.4 Å². The van der Waals surface area contributed by atoms with Crippen molar-refractivity contribution in [3.05, 3.63) is 147 Å². The normalized spacial score (nSPS) is 10.1. The van der Waals surface area contributed by atoms with Crippen LogP contribution in [-0.4, -0.2) is 32.1 Å². The van der Waals surface area contributed by atoms with E-state index >= 15 is 0 Å². The summed E-state index contributed by atoms with van der Waals surface area (Å²) in [5, 5.41) is 10.3. The average Bonchev–Trinajstić information content (AvgIpc) is 3.91. The molecule has 2 heterocycles. The first kappa shape index (κ1) is 40.0. The Balaban J connectivity index is 0.000000186. The number of anilines is 3. The lowest BCUT2D eigenvalue weighted by molar-refractivity contribution is -0.141. The zero-order valence-electron chi connectivity index (χ0n) is 29.3. The van der Waals surface area contributed by atoms with Crippen LogP contribution in [0.4, 0.5) is 17.1 Å². The van der Waals surface area contributed by atoms with Crippen molar-refractivity contribution in [3.8, 4) is 20.9 Å². The van der Waals surface area contributed by atoms with E-state index in [0.29, 0.717) is 19.3 Å². The van der Waals surface area contributed by atoms with Crippen molar-refractivity contribution in [3.63, 3.8) is 0 Å². The van der Waals surface area contributed by atoms with Gasteiger partial charge in [-0.05, 0) is 129 Å². The lowest BCUT2D eigenvalue weighted by Crippen LogP contribution is -2.05. The third-order valence-corrected chi connectivity index (χ3v) is 10.1. The molecule has 7 nitrogen and oxygen atoms in total. The number of esters is 2. The molecule has 0 unspecified atom stereocenters. The monoisotopic (exact) mass is 844 g/mol. The van der Waals surface area contributed by atoms with Gasteiger partial charge in [0.15, 0.2) is 0 Å². The highest BCUT2D eigenvalue weighted by atomic mass is 127. The molecule has 0 fully saturated rings. The molecule has 0 saturated heterocycles. The molecule has 2 aromatic heterocycles. The van der Waals surface area contributed by atoms with Crippen molar-refractivity contribution in [2.45, 2.75) is 32.6 Å². The summed E-state index contributed by atoms with van der Waals surface area (Å²) < 4.78 is 10.4. The molecule has 0 aliphatic carbocycles. The van der Waals surface area contributed by atoms with E-state index in [4.69, 9.17) is 0 Å². The van der Waals surface area contributed by atoms with E-state index in [2.05, 4.69) is 95.9 Å². The SMILES string of the molecule is CC(=O)Nc1ccc(-c2cccs2)cc1.COC(=O)CCc1ccc(I)cc1.COC(=O)CCc1ccc(Nc2ccc(-c3cccs3)cc2)cc1. The summed E-state index contributed by atoms with van der Waals surface area (Å²) in [7, 11) is 2.83. The number of methoxy groups -OCH3 is 2. The Morgan fingerprint density at radius 3 is 1.37 bits per heavy atom. The second-order valence-corrected chi connectivity index (χ2v) is 14.5. The van der Waals surface area contributed by atoms with E-state index in [1.807, 2.05) is 78.9 Å². The molecule has 0 aliphatic rings. The predicted molar refractivity (Wildman–Crippen MR) is 223 cm³/mol. The summed E-state index contributed by atoms with van der Waals surface area (Å²) in [5.41, 5.74) is 7.62. The summed E-state index contributed by atoms with van der Waals surface area (Å²) in [5.74, 6) is -0.375. The van der Waals surface area contributed by atoms with E-state index in [1.54, 1.807) is 22.7 Å². The molecule has 52 heavy (non-hydrogen) atoms. The molecule has 0 aliphatic heterocycles. The van der Waals surface area contributed by atoms with Crippen LogP contribution in [0.25, 0.3) is 20.9 Å². The number of carbonyl (C=O) groups excluding carboxylic acids is 3. The molecule has 6 aromatic rings. The van der Waals surface area contributed by atoms with Gasteiger partial charge in [-0.2, -0.15) is 0 Å². The zero-order chi connectivity index (χ0) is 37.1. The number of hydrogen-bond donors (Lipinski definition) is 2. The number of hydrogen-bond acceptors (Lipinski definition) is 8. The van der Waals surface area contributed by atoms with Crippen molar-refractivity contribution < 1.29 is 23.9 Å². The lowest BCUT2D eigenvalue weighted by Gasteiger charge is -2.08. The Bertz CT molecular complexity index is 1940. The highest BCUT2D eigenvalue weighted by Gasteiger charge is 2.04. The van der Waals surface area contributed by atoms with E-state index in [0.717, 1.165) is 29.0 Å². The van der Waals surface area contributed by atoms with Crippen molar-refractivity contribution in [1.29, 1.82) is 0 Å². The summed E-state index contributed by atoms with van der Waals surface area (Å²) in [4.78, 5) is 35.3. The van der Waals surface area contributed by atoms with Gasteiger partial charge < -0.3 is 20.1 Å². The van der Waals surface area contributed by atoms with Gasteiger partial charge in [0.05, 0.1) is 14.2 Å². The highest BCUT2D eigenvalue weighted by Crippen LogP contribution is 2.27. The Labute approximate surface area is 327 Å². The van der Waals surface area contributed by atoms with Crippen LogP contribution in [0.3, 0.4) is 0 Å². The van der Waals surface area contributed by atoms with E-state index in [9.17, 15) is 14.4 Å². The standard InChI is InChI=1S/C20H19NO2S.C12H11NOS.C10H11IO2/c1-23-20(22)13-6-15-4-9-17(10-5-15)21-18-11-7-16(8-12-18)19-3-2-14-24-19;1-9(14)13-11-6-4-10(5-7-11)12-3-2-8-15-12;1-13-10(12)7-4-8-2-5-9(11)6-3-8/h2-5,7-12,14,21H,6,13H2,1H3;2-8H,1H3,(H,13,14);2-3,5-6H,4,7H2,1H3. The first-order chi connectivity index (χ1) is 25.2. The van der Waals surface area contributed by atoms with Crippen molar-refractivity contribution in [1.82, 2.24) is 0 Å². The Hall–Kier alpha value is -4.78. The van der Waals surface area contributed by atoms with Crippen molar-refractivity contribution in [2.24, 2.45) is 0 Å². The van der Waals surface area contributed by atoms with Crippen LogP contribution in [-0.2, 0) is 36.7 Å². The number of rotatable bonds is 11. The molecule has 4 aromatic carbocycles. The van der Waals surface area contributed by atoms with Gasteiger partial charge in [0.25, 0.3) is 0 Å². The zero-order valence-corrected chi connectivity index (χ0v) is 33.1. The smallest absolute Gasteiger partial charge is 0.305 e. The maximum absolute atomic E-state index is 11.2. The second-order valence-electron chi connectivity index (χ2n) is 11.4. The topological polar surface area (TPSA) is 93.7 Å². The van der Waals surface area contributed by atoms with Gasteiger partial charge in [0.2, 0.25) is 5.91 Å². The number of thiophene rings is 2. The average molecular weight is 845 g/mol. The first-order valence-corrected chi connectivity index (χ1v) is 19.4. The number of ether oxygens (including phenoxy) is 2. The molecule has 6 rings (SSSR count). The molecule has 0 radical (unpaired) electrons. The number of halogens is 1. The largest absolute Gasteiger partial charge is 0.469 e. The van der Waals surface area contributed by atoms with Gasteiger partial charge >= 0.3 is 11.9 Å². The quantitative estimate of drug-likeness (QED) is 0.0997. The molecular weight excluding hydrogens is 804 g/mol. The Kier molecular flexibility index (Phi) is 16.6. The van der Waals surface area contributed by atoms with Gasteiger partial charge in [-0.1, -0.05) is 60.7 Å². The van der Waals surface area contributed by atoms with Crippen LogP contribution in [0.1, 0.15) is 30.9 Å². The van der Waals surface area contributed by atoms with Crippen molar-refractivity contribution in [2.75, 3.05) is 24.9 Å². The Morgan fingerprint density at radius 1 is 0.577 bits per heavy atom. The van der Waals surface area contributed by atoms with E-state index < -0.39 is 0 Å². The highest BCUT2D eigenvalue weighted by molar-refractivity contribution is 14.1. The fraction of sp³-hybridized carbons (Fsp3) is 0.167. The molecule has 0 spiro atoms. The summed E-state index contributed by atoms with van der Waals surface area (Å²) in [6, 6.07) is 40.8. The molecule has 268 valence electrons. The maximum Gasteiger partial charge on any atom is 0.305 e. The minimum absolute atomic E-state index is 0.0427. The molecule has 2 N–H and O–H groups in total. The molecular formula is C42H41IN2O5S2. The second kappa shape index (κ2) is 21.6. The molecule has 0 atom stereocenters. The van der Waals surface area contributed by atoms with Crippen LogP contribution < -0.4 is 10.6 Å². The van der Waals surface area contributed by atoms with Gasteiger partial charge in [0, 0.05) is 50.2 Å².